The molecule has 0 aromatic rings. The third-order valence-corrected chi connectivity index (χ3v) is 4.24. The molecule has 1 heterocycles. The Morgan fingerprint density at radius 1 is 1.40 bits per heavy atom. The lowest BCUT2D eigenvalue weighted by Gasteiger charge is -2.33. The van der Waals surface area contributed by atoms with Gasteiger partial charge in [-0.25, -0.2) is 17.5 Å². The summed E-state index contributed by atoms with van der Waals surface area (Å²) in [5.74, 6) is 0.163. The van der Waals surface area contributed by atoms with Crippen LogP contribution in [-0.4, -0.2) is 62.3 Å². The molecule has 0 aromatic heterocycles. The molecular formula is C13H26N2O4S. The largest absolute Gasteiger partial charge is 0.443 e. The normalized spacial score (nSPS) is 21.6. The highest BCUT2D eigenvalue weighted by Crippen LogP contribution is 2.19. The zero-order valence-corrected chi connectivity index (χ0v) is 13.9. The average molecular weight is 306 g/mol. The predicted octanol–water partition coefficient (Wildman–Crippen LogP) is 1.52. The number of nitrogens with zero attached hydrogens (tertiary/aromatic N) is 2. The number of ether oxygens (including phenoxy) is 1. The van der Waals surface area contributed by atoms with Crippen molar-refractivity contribution in [3.8, 4) is 0 Å². The lowest BCUT2D eigenvalue weighted by Crippen LogP contribution is -2.45. The fourth-order valence-corrected chi connectivity index (χ4v) is 3.10. The molecule has 20 heavy (non-hydrogen) atoms. The van der Waals surface area contributed by atoms with Crippen LogP contribution in [0.1, 0.15) is 33.6 Å². The summed E-state index contributed by atoms with van der Waals surface area (Å²) in [4.78, 5) is 14.2. The van der Waals surface area contributed by atoms with Gasteiger partial charge in [-0.1, -0.05) is 0 Å². The summed E-state index contributed by atoms with van der Waals surface area (Å²) >= 11 is 0. The fraction of sp³-hybridized carbons (Fsp3) is 0.923. The van der Waals surface area contributed by atoms with Crippen LogP contribution >= 0.6 is 0 Å². The molecule has 1 unspecified atom stereocenters. The molecule has 1 rings (SSSR count). The van der Waals surface area contributed by atoms with E-state index < -0.39 is 21.7 Å². The van der Waals surface area contributed by atoms with E-state index in [0.717, 1.165) is 36.5 Å². The molecular weight excluding hydrogens is 280 g/mol. The monoisotopic (exact) mass is 306 g/mol. The van der Waals surface area contributed by atoms with Gasteiger partial charge in [0.2, 0.25) is 10.0 Å². The lowest BCUT2D eigenvalue weighted by atomic mass is 9.99. The third kappa shape index (κ3) is 5.66. The van der Waals surface area contributed by atoms with Crippen LogP contribution in [0.3, 0.4) is 0 Å². The standard InChI is InChI=1S/C13H26N2O4S/c1-13(2,3)19-12(16)15(20(5,17)18)10-11-7-6-8-14(4)9-11/h11H,6-10H2,1-5H3. The molecule has 1 saturated heterocycles. The molecule has 6 nitrogen and oxygen atoms in total. The zero-order chi connectivity index (χ0) is 15.6. The number of amides is 1. The first-order chi connectivity index (χ1) is 8.99. The van der Waals surface area contributed by atoms with Crippen LogP contribution in [0.4, 0.5) is 4.79 Å². The quantitative estimate of drug-likeness (QED) is 0.791. The van der Waals surface area contributed by atoms with E-state index in [2.05, 4.69) is 4.90 Å². The fourth-order valence-electron chi connectivity index (χ4n) is 2.31. The van der Waals surface area contributed by atoms with Crippen molar-refractivity contribution in [2.24, 2.45) is 5.92 Å². The number of likely N-dealkylation sites (tertiary alicyclic amines) is 1. The molecule has 118 valence electrons. The van der Waals surface area contributed by atoms with Crippen LogP contribution in [-0.2, 0) is 14.8 Å². The summed E-state index contributed by atoms with van der Waals surface area (Å²) in [6, 6.07) is 0. The Bertz CT molecular complexity index is 442. The Morgan fingerprint density at radius 3 is 2.45 bits per heavy atom. The Labute approximate surface area is 122 Å². The Hall–Kier alpha value is -0.820. The molecule has 0 aromatic carbocycles. The van der Waals surface area contributed by atoms with E-state index in [9.17, 15) is 13.2 Å². The summed E-state index contributed by atoms with van der Waals surface area (Å²) < 4.78 is 29.7. The molecule has 0 bridgehead atoms. The van der Waals surface area contributed by atoms with E-state index >= 15 is 0 Å². The van der Waals surface area contributed by atoms with E-state index in [1.807, 2.05) is 7.05 Å². The minimum atomic E-state index is -3.61. The maximum absolute atomic E-state index is 12.1. The van der Waals surface area contributed by atoms with Crippen molar-refractivity contribution in [2.75, 3.05) is 32.9 Å². The van der Waals surface area contributed by atoms with Crippen LogP contribution in [0.2, 0.25) is 0 Å². The Morgan fingerprint density at radius 2 is 2.00 bits per heavy atom. The van der Waals surface area contributed by atoms with E-state index in [1.165, 1.54) is 0 Å². The first kappa shape index (κ1) is 17.2. The molecule has 0 radical (unpaired) electrons. The van der Waals surface area contributed by atoms with Gasteiger partial charge < -0.3 is 9.64 Å². The van der Waals surface area contributed by atoms with Crippen molar-refractivity contribution in [1.29, 1.82) is 0 Å². The number of rotatable bonds is 3. The van der Waals surface area contributed by atoms with Gasteiger partial charge >= 0.3 is 6.09 Å². The van der Waals surface area contributed by atoms with Gasteiger partial charge in [0, 0.05) is 13.1 Å². The van der Waals surface area contributed by atoms with Crippen LogP contribution < -0.4 is 0 Å². The molecule has 1 amide bonds. The molecule has 0 saturated carbocycles. The molecule has 7 heteroatoms. The maximum atomic E-state index is 12.1. The summed E-state index contributed by atoms with van der Waals surface area (Å²) in [7, 11) is -1.61. The summed E-state index contributed by atoms with van der Waals surface area (Å²) in [6.07, 6.45) is 2.21. The molecule has 0 N–H and O–H groups in total. The maximum Gasteiger partial charge on any atom is 0.424 e. The zero-order valence-electron chi connectivity index (χ0n) is 13.0. The highest BCUT2D eigenvalue weighted by Gasteiger charge is 2.32. The van der Waals surface area contributed by atoms with Gasteiger partial charge in [-0.3, -0.25) is 0 Å². The second-order valence-corrected chi connectivity index (χ2v) is 8.45. The van der Waals surface area contributed by atoms with Gasteiger partial charge in [-0.2, -0.15) is 0 Å². The van der Waals surface area contributed by atoms with E-state index in [4.69, 9.17) is 4.74 Å². The predicted molar refractivity (Wildman–Crippen MR) is 78.0 cm³/mol. The highest BCUT2D eigenvalue weighted by atomic mass is 32.2. The minimum absolute atomic E-state index is 0.163. The smallest absolute Gasteiger partial charge is 0.424 e. The van der Waals surface area contributed by atoms with Crippen molar-refractivity contribution in [2.45, 2.75) is 39.2 Å². The summed E-state index contributed by atoms with van der Waals surface area (Å²) in [5.41, 5.74) is -0.705. The summed E-state index contributed by atoms with van der Waals surface area (Å²) in [6.45, 7) is 7.17. The molecule has 0 spiro atoms. The number of sulfonamides is 1. The second-order valence-electron chi connectivity index (χ2n) is 6.54. The van der Waals surface area contributed by atoms with Crippen molar-refractivity contribution in [1.82, 2.24) is 9.21 Å². The molecule has 0 aliphatic carbocycles. The van der Waals surface area contributed by atoms with Gasteiger partial charge in [0.05, 0.1) is 6.26 Å². The number of hydrogen-bond acceptors (Lipinski definition) is 5. The average Bonchev–Trinajstić information content (AvgIpc) is 2.21. The number of carbonyl (C=O) groups is 1. The summed E-state index contributed by atoms with van der Waals surface area (Å²) in [5, 5.41) is 0. The Balaban J connectivity index is 2.78. The number of carbonyl (C=O) groups excluding carboxylic acids is 1. The topological polar surface area (TPSA) is 66.9 Å². The molecule has 1 atom stereocenters. The molecule has 1 aliphatic rings. The van der Waals surface area contributed by atoms with Crippen molar-refractivity contribution >= 4 is 16.1 Å². The van der Waals surface area contributed by atoms with E-state index in [1.54, 1.807) is 20.8 Å². The lowest BCUT2D eigenvalue weighted by molar-refractivity contribution is 0.0356. The van der Waals surface area contributed by atoms with Crippen molar-refractivity contribution in [3.05, 3.63) is 0 Å². The third-order valence-electron chi connectivity index (χ3n) is 3.14. The van der Waals surface area contributed by atoms with Crippen LogP contribution in [0.15, 0.2) is 0 Å². The van der Waals surface area contributed by atoms with E-state index in [0.29, 0.717) is 0 Å². The first-order valence-electron chi connectivity index (χ1n) is 6.88. The van der Waals surface area contributed by atoms with Crippen molar-refractivity contribution < 1.29 is 17.9 Å². The van der Waals surface area contributed by atoms with Gasteiger partial charge in [0.25, 0.3) is 0 Å². The first-order valence-corrected chi connectivity index (χ1v) is 8.73. The van der Waals surface area contributed by atoms with Gasteiger partial charge in [0.15, 0.2) is 0 Å². The van der Waals surface area contributed by atoms with Gasteiger partial charge in [0.1, 0.15) is 5.60 Å². The SMILES string of the molecule is CN1CCCC(CN(C(=O)OC(C)(C)C)S(C)(=O)=O)C1. The molecule has 1 fully saturated rings. The number of piperidine rings is 1. The second kappa shape index (κ2) is 6.30. The Kier molecular flexibility index (Phi) is 5.43. The highest BCUT2D eigenvalue weighted by molar-refractivity contribution is 7.88. The van der Waals surface area contributed by atoms with Gasteiger partial charge in [-0.05, 0) is 53.1 Å². The van der Waals surface area contributed by atoms with Crippen molar-refractivity contribution in [3.63, 3.8) is 0 Å². The minimum Gasteiger partial charge on any atom is -0.443 e. The van der Waals surface area contributed by atoms with Crippen LogP contribution in [0.5, 0.6) is 0 Å². The number of hydrogen-bond donors (Lipinski definition) is 0. The van der Waals surface area contributed by atoms with Gasteiger partial charge in [-0.15, -0.1) is 0 Å². The molecule has 1 aliphatic heterocycles. The van der Waals surface area contributed by atoms with Crippen LogP contribution in [0, 0.1) is 5.92 Å². The van der Waals surface area contributed by atoms with E-state index in [-0.39, 0.29) is 12.5 Å². The van der Waals surface area contributed by atoms with Crippen LogP contribution in [0.25, 0.3) is 0 Å².